The summed E-state index contributed by atoms with van der Waals surface area (Å²) >= 11 is 0. The molecule has 1 fully saturated rings. The third-order valence-corrected chi connectivity index (χ3v) is 7.90. The van der Waals surface area contributed by atoms with E-state index < -0.39 is 10.0 Å². The summed E-state index contributed by atoms with van der Waals surface area (Å²) in [4.78, 5) is 17.1. The molecule has 154 valence electrons. The zero-order chi connectivity index (χ0) is 20.6. The number of sulfonamides is 1. The van der Waals surface area contributed by atoms with Crippen molar-refractivity contribution < 1.29 is 13.2 Å². The average Bonchev–Trinajstić information content (AvgIpc) is 3.12. The van der Waals surface area contributed by atoms with Gasteiger partial charge in [0, 0.05) is 38.4 Å². The Morgan fingerprint density at radius 2 is 1.69 bits per heavy atom. The molecule has 6 nitrogen and oxygen atoms in total. The number of fused-ring (bicyclic) bond motifs is 1. The Balaban J connectivity index is 1.39. The van der Waals surface area contributed by atoms with Crippen LogP contribution in [0.1, 0.15) is 16.7 Å². The molecule has 2 aromatic rings. The second-order valence-electron chi connectivity index (χ2n) is 7.85. The molecule has 7 heteroatoms. The van der Waals surface area contributed by atoms with Crippen LogP contribution in [0.15, 0.2) is 47.4 Å². The first-order valence-corrected chi connectivity index (χ1v) is 11.5. The molecule has 0 aromatic heterocycles. The highest BCUT2D eigenvalue weighted by Crippen LogP contribution is 2.27. The van der Waals surface area contributed by atoms with E-state index in [-0.39, 0.29) is 5.91 Å². The van der Waals surface area contributed by atoms with Gasteiger partial charge in [0.15, 0.2) is 0 Å². The maximum atomic E-state index is 13.1. The highest BCUT2D eigenvalue weighted by molar-refractivity contribution is 7.89. The molecule has 4 rings (SSSR count). The lowest BCUT2D eigenvalue weighted by Gasteiger charge is -2.35. The van der Waals surface area contributed by atoms with Crippen LogP contribution in [0, 0.1) is 13.8 Å². The number of rotatable bonds is 4. The topological polar surface area (TPSA) is 60.9 Å². The maximum absolute atomic E-state index is 13.1. The molecule has 0 bridgehead atoms. The van der Waals surface area contributed by atoms with E-state index in [0.29, 0.717) is 37.6 Å². The van der Waals surface area contributed by atoms with Crippen molar-refractivity contribution in [2.24, 2.45) is 0 Å². The summed E-state index contributed by atoms with van der Waals surface area (Å²) in [6, 6.07) is 13.7. The highest BCUT2D eigenvalue weighted by Gasteiger charge is 2.32. The zero-order valence-electron chi connectivity index (χ0n) is 17.0. The van der Waals surface area contributed by atoms with E-state index in [1.165, 1.54) is 9.87 Å². The largest absolute Gasteiger partial charge is 0.362 e. The van der Waals surface area contributed by atoms with E-state index in [1.807, 2.05) is 38.1 Å². The van der Waals surface area contributed by atoms with E-state index in [0.717, 1.165) is 29.8 Å². The van der Waals surface area contributed by atoms with Crippen molar-refractivity contribution in [3.05, 3.63) is 59.2 Å². The first-order valence-electron chi connectivity index (χ1n) is 10.0. The first-order chi connectivity index (χ1) is 13.9. The van der Waals surface area contributed by atoms with Gasteiger partial charge >= 0.3 is 0 Å². The molecule has 0 aliphatic carbocycles. The third kappa shape index (κ3) is 3.89. The summed E-state index contributed by atoms with van der Waals surface area (Å²) in [6.07, 6.45) is 0.964. The lowest BCUT2D eigenvalue weighted by molar-refractivity contribution is -0.130. The van der Waals surface area contributed by atoms with Crippen molar-refractivity contribution in [2.45, 2.75) is 25.2 Å². The van der Waals surface area contributed by atoms with Crippen LogP contribution in [0.2, 0.25) is 0 Å². The van der Waals surface area contributed by atoms with Crippen LogP contribution in [-0.4, -0.2) is 62.8 Å². The van der Waals surface area contributed by atoms with Crippen molar-refractivity contribution in [1.82, 2.24) is 9.21 Å². The van der Waals surface area contributed by atoms with Gasteiger partial charge in [0.25, 0.3) is 0 Å². The summed E-state index contributed by atoms with van der Waals surface area (Å²) in [7, 11) is -3.54. The molecular formula is C22H27N3O3S. The van der Waals surface area contributed by atoms with Gasteiger partial charge in [-0.1, -0.05) is 30.3 Å². The molecule has 0 saturated carbocycles. The van der Waals surface area contributed by atoms with E-state index >= 15 is 0 Å². The van der Waals surface area contributed by atoms with Gasteiger partial charge in [0.1, 0.15) is 0 Å². The fourth-order valence-electron chi connectivity index (χ4n) is 4.14. The summed E-state index contributed by atoms with van der Waals surface area (Å²) in [6.45, 7) is 6.44. The molecule has 1 amide bonds. The summed E-state index contributed by atoms with van der Waals surface area (Å²) in [5.74, 6) is 0.0606. The number of hydrogen-bond acceptors (Lipinski definition) is 4. The lowest BCUT2D eigenvalue weighted by Crippen LogP contribution is -2.52. The Labute approximate surface area is 172 Å². The minimum atomic E-state index is -3.54. The number of carbonyl (C=O) groups excluding carboxylic acids is 1. The quantitative estimate of drug-likeness (QED) is 0.771. The van der Waals surface area contributed by atoms with Crippen LogP contribution < -0.4 is 4.90 Å². The Morgan fingerprint density at radius 1 is 0.966 bits per heavy atom. The number of benzene rings is 2. The van der Waals surface area contributed by atoms with Crippen LogP contribution in [0.3, 0.4) is 0 Å². The molecule has 0 unspecified atom stereocenters. The van der Waals surface area contributed by atoms with Gasteiger partial charge in [-0.2, -0.15) is 4.31 Å². The molecule has 2 aliphatic rings. The second-order valence-corrected chi connectivity index (χ2v) is 9.76. The lowest BCUT2D eigenvalue weighted by atomic mass is 10.2. The van der Waals surface area contributed by atoms with Gasteiger partial charge in [-0.3, -0.25) is 4.79 Å². The molecule has 0 radical (unpaired) electrons. The number of nitrogens with zero attached hydrogens (tertiary/aromatic N) is 3. The second kappa shape index (κ2) is 7.80. The van der Waals surface area contributed by atoms with Crippen LogP contribution in [0.4, 0.5) is 5.69 Å². The van der Waals surface area contributed by atoms with Crippen molar-refractivity contribution in [3.8, 4) is 0 Å². The Morgan fingerprint density at radius 3 is 2.45 bits per heavy atom. The summed E-state index contributed by atoms with van der Waals surface area (Å²) in [5.41, 5.74) is 4.09. The van der Waals surface area contributed by atoms with Gasteiger partial charge in [-0.25, -0.2) is 8.42 Å². The molecule has 0 N–H and O–H groups in total. The average molecular weight is 414 g/mol. The molecule has 2 aromatic carbocycles. The number of amides is 1. The summed E-state index contributed by atoms with van der Waals surface area (Å²) in [5, 5.41) is 0. The van der Waals surface area contributed by atoms with E-state index in [4.69, 9.17) is 0 Å². The van der Waals surface area contributed by atoms with Gasteiger partial charge in [0.05, 0.1) is 11.4 Å². The predicted octanol–water partition coefficient (Wildman–Crippen LogP) is 2.20. The van der Waals surface area contributed by atoms with Crippen LogP contribution >= 0.6 is 0 Å². The van der Waals surface area contributed by atoms with Crippen molar-refractivity contribution >= 4 is 21.6 Å². The van der Waals surface area contributed by atoms with Crippen molar-refractivity contribution in [3.63, 3.8) is 0 Å². The summed E-state index contributed by atoms with van der Waals surface area (Å²) < 4.78 is 27.6. The Kier molecular flexibility index (Phi) is 5.36. The van der Waals surface area contributed by atoms with Gasteiger partial charge in [-0.15, -0.1) is 0 Å². The van der Waals surface area contributed by atoms with E-state index in [2.05, 4.69) is 17.0 Å². The minimum absolute atomic E-state index is 0.0606. The maximum Gasteiger partial charge on any atom is 0.243 e. The Bertz CT molecular complexity index is 1030. The Hall–Kier alpha value is -2.38. The number of carbonyl (C=O) groups is 1. The van der Waals surface area contributed by atoms with Gasteiger partial charge < -0.3 is 9.80 Å². The number of hydrogen-bond donors (Lipinski definition) is 0. The molecular weight excluding hydrogens is 386 g/mol. The minimum Gasteiger partial charge on any atom is -0.362 e. The number of aryl methyl sites for hydroxylation is 2. The molecule has 29 heavy (non-hydrogen) atoms. The molecule has 2 heterocycles. The SMILES string of the molecule is Cc1ccc(C)c(S(=O)(=O)N2CCN(C(=O)CN3CCc4ccccc43)CC2)c1. The van der Waals surface area contributed by atoms with Gasteiger partial charge in [0.2, 0.25) is 15.9 Å². The molecule has 0 atom stereocenters. The highest BCUT2D eigenvalue weighted by atomic mass is 32.2. The number of piperazine rings is 1. The fraction of sp³-hybridized carbons (Fsp3) is 0.409. The van der Waals surface area contributed by atoms with Crippen LogP contribution in [-0.2, 0) is 21.2 Å². The predicted molar refractivity (Wildman–Crippen MR) is 114 cm³/mol. The first kappa shape index (κ1) is 19.9. The van der Waals surface area contributed by atoms with Gasteiger partial charge in [-0.05, 0) is 49.1 Å². The number of anilines is 1. The fourth-order valence-corrected chi connectivity index (χ4v) is 5.87. The number of para-hydroxylation sites is 1. The van der Waals surface area contributed by atoms with Crippen LogP contribution in [0.25, 0.3) is 0 Å². The van der Waals surface area contributed by atoms with Crippen molar-refractivity contribution in [2.75, 3.05) is 44.2 Å². The third-order valence-electron chi connectivity index (χ3n) is 5.86. The standard InChI is InChI=1S/C22H27N3O3S/c1-17-7-8-18(2)21(15-17)29(27,28)25-13-11-23(12-14-25)22(26)16-24-10-9-19-5-3-4-6-20(19)24/h3-8,15H,9-14,16H2,1-2H3. The normalized spacial score (nSPS) is 17.4. The van der Waals surface area contributed by atoms with E-state index in [9.17, 15) is 13.2 Å². The molecule has 0 spiro atoms. The zero-order valence-corrected chi connectivity index (χ0v) is 17.8. The van der Waals surface area contributed by atoms with Crippen molar-refractivity contribution in [1.29, 1.82) is 0 Å². The van der Waals surface area contributed by atoms with Crippen LogP contribution in [0.5, 0.6) is 0 Å². The molecule has 2 aliphatic heterocycles. The molecule has 1 saturated heterocycles. The smallest absolute Gasteiger partial charge is 0.243 e. The monoisotopic (exact) mass is 413 g/mol. The van der Waals surface area contributed by atoms with E-state index in [1.54, 1.807) is 11.0 Å².